The van der Waals surface area contributed by atoms with Gasteiger partial charge in [0.1, 0.15) is 11.3 Å². The molecule has 1 amide bonds. The number of amides is 1. The van der Waals surface area contributed by atoms with Gasteiger partial charge in [-0.25, -0.2) is 4.98 Å². The number of carbonyl (C=O) groups excluding carboxylic acids is 1. The first kappa shape index (κ1) is 17.9. The van der Waals surface area contributed by atoms with Crippen LogP contribution in [0.4, 0.5) is 0 Å². The van der Waals surface area contributed by atoms with Crippen molar-refractivity contribution < 1.29 is 13.9 Å². The van der Waals surface area contributed by atoms with E-state index in [4.69, 9.17) is 9.15 Å². The summed E-state index contributed by atoms with van der Waals surface area (Å²) in [7, 11) is 0. The number of carbonyl (C=O) groups is 1. The van der Waals surface area contributed by atoms with Gasteiger partial charge >= 0.3 is 0 Å². The fourth-order valence-electron chi connectivity index (χ4n) is 2.42. The summed E-state index contributed by atoms with van der Waals surface area (Å²) in [5.41, 5.74) is 1.98. The number of halogens is 1. The van der Waals surface area contributed by atoms with Crippen LogP contribution in [0.3, 0.4) is 0 Å². The van der Waals surface area contributed by atoms with E-state index in [2.05, 4.69) is 33.2 Å². The molecule has 5 nitrogen and oxygen atoms in total. The first-order valence-corrected chi connectivity index (χ1v) is 9.74. The molecule has 0 aliphatic heterocycles. The normalized spacial score (nSPS) is 11.2. The summed E-state index contributed by atoms with van der Waals surface area (Å²) in [4.78, 5) is 17.0. The summed E-state index contributed by atoms with van der Waals surface area (Å²) in [5.74, 6) is 0.447. The minimum atomic E-state index is -0.186. The lowest BCUT2D eigenvalue weighted by molar-refractivity contribution is 0.0949. The Morgan fingerprint density at radius 1 is 1.40 bits per heavy atom. The van der Waals surface area contributed by atoms with E-state index in [-0.39, 0.29) is 12.0 Å². The van der Waals surface area contributed by atoms with Crippen LogP contribution in [0.2, 0.25) is 0 Å². The smallest absolute Gasteiger partial charge is 0.251 e. The van der Waals surface area contributed by atoms with Gasteiger partial charge in [0.05, 0.1) is 28.7 Å². The van der Waals surface area contributed by atoms with E-state index in [1.807, 2.05) is 25.3 Å². The largest absolute Gasteiger partial charge is 0.490 e. The van der Waals surface area contributed by atoms with Crippen LogP contribution in [0.25, 0.3) is 11.0 Å². The Kier molecular flexibility index (Phi) is 5.44. The maximum atomic E-state index is 12.5. The van der Waals surface area contributed by atoms with E-state index >= 15 is 0 Å². The van der Waals surface area contributed by atoms with E-state index in [0.717, 1.165) is 22.5 Å². The summed E-state index contributed by atoms with van der Waals surface area (Å²) >= 11 is 4.94. The monoisotopic (exact) mass is 422 g/mol. The van der Waals surface area contributed by atoms with Gasteiger partial charge in [-0.3, -0.25) is 4.79 Å². The van der Waals surface area contributed by atoms with Crippen LogP contribution in [-0.4, -0.2) is 17.0 Å². The van der Waals surface area contributed by atoms with Crippen LogP contribution in [0, 0.1) is 0 Å². The first-order valence-electron chi connectivity index (χ1n) is 8.07. The molecule has 3 rings (SSSR count). The third kappa shape index (κ3) is 4.22. The van der Waals surface area contributed by atoms with Crippen molar-refractivity contribution in [2.75, 3.05) is 0 Å². The average Bonchev–Trinajstić information content (AvgIpc) is 3.17. The standard InChI is InChI=1S/C18H19BrN2O3S/c1-4-17-21-12(9-25-17)8-20-18(22)11-5-14(23-10(2)3)13-7-16(19)24-15(13)6-11/h5-7,9-10H,4,8H2,1-3H3,(H,20,22). The van der Waals surface area contributed by atoms with Crippen LogP contribution in [0.5, 0.6) is 5.75 Å². The van der Waals surface area contributed by atoms with E-state index < -0.39 is 0 Å². The molecule has 3 aromatic rings. The fourth-order valence-corrected chi connectivity index (χ4v) is 3.57. The Balaban J connectivity index is 1.82. The van der Waals surface area contributed by atoms with Crippen molar-refractivity contribution >= 4 is 44.1 Å². The lowest BCUT2D eigenvalue weighted by Gasteiger charge is -2.12. The maximum absolute atomic E-state index is 12.5. The lowest BCUT2D eigenvalue weighted by atomic mass is 10.1. The second-order valence-corrected chi connectivity index (χ2v) is 7.60. The third-order valence-corrected chi connectivity index (χ3v) is 4.96. The number of aryl methyl sites for hydroxylation is 1. The zero-order chi connectivity index (χ0) is 18.0. The van der Waals surface area contributed by atoms with Crippen LogP contribution < -0.4 is 10.1 Å². The molecule has 0 unspecified atom stereocenters. The van der Waals surface area contributed by atoms with Gasteiger partial charge < -0.3 is 14.5 Å². The van der Waals surface area contributed by atoms with Crippen LogP contribution in [0.15, 0.2) is 32.7 Å². The first-order chi connectivity index (χ1) is 12.0. The summed E-state index contributed by atoms with van der Waals surface area (Å²) in [6.07, 6.45) is 0.899. The molecule has 132 valence electrons. The zero-order valence-corrected chi connectivity index (χ0v) is 16.7. The Labute approximate surface area is 158 Å². The van der Waals surface area contributed by atoms with Crippen molar-refractivity contribution in [1.29, 1.82) is 0 Å². The number of hydrogen-bond donors (Lipinski definition) is 1. The predicted molar refractivity (Wildman–Crippen MR) is 102 cm³/mol. The SMILES string of the molecule is CCc1nc(CNC(=O)c2cc(OC(C)C)c3cc(Br)oc3c2)cs1. The highest BCUT2D eigenvalue weighted by molar-refractivity contribution is 9.10. The van der Waals surface area contributed by atoms with Gasteiger partial charge in [0.2, 0.25) is 0 Å². The molecule has 0 bridgehead atoms. The number of rotatable bonds is 6. The molecule has 1 aromatic carbocycles. The number of nitrogens with one attached hydrogen (secondary N) is 1. The molecule has 2 heterocycles. The number of benzene rings is 1. The minimum absolute atomic E-state index is 0.00217. The zero-order valence-electron chi connectivity index (χ0n) is 14.3. The molecule has 2 aromatic heterocycles. The number of hydrogen-bond acceptors (Lipinski definition) is 5. The molecule has 0 saturated heterocycles. The number of fused-ring (bicyclic) bond motifs is 1. The highest BCUT2D eigenvalue weighted by atomic mass is 79.9. The van der Waals surface area contributed by atoms with Crippen molar-refractivity contribution in [2.24, 2.45) is 0 Å². The van der Waals surface area contributed by atoms with Crippen molar-refractivity contribution in [3.63, 3.8) is 0 Å². The van der Waals surface area contributed by atoms with Crippen LogP contribution >= 0.6 is 27.3 Å². The highest BCUT2D eigenvalue weighted by Gasteiger charge is 2.15. The summed E-state index contributed by atoms with van der Waals surface area (Å²) in [5, 5.41) is 6.78. The Hall–Kier alpha value is -1.86. The Bertz CT molecular complexity index is 901. The predicted octanol–water partition coefficient (Wildman–Crippen LogP) is 4.93. The highest BCUT2D eigenvalue weighted by Crippen LogP contribution is 2.33. The molecule has 0 atom stereocenters. The molecule has 0 fully saturated rings. The van der Waals surface area contributed by atoms with E-state index in [0.29, 0.717) is 28.1 Å². The van der Waals surface area contributed by atoms with Crippen molar-refractivity contribution in [3.8, 4) is 5.75 Å². The molecule has 1 N–H and O–H groups in total. The number of ether oxygens (including phenoxy) is 1. The number of thiazole rings is 1. The quantitative estimate of drug-likeness (QED) is 0.611. The van der Waals surface area contributed by atoms with Gasteiger partial charge in [-0.2, -0.15) is 0 Å². The molecular weight excluding hydrogens is 404 g/mol. The van der Waals surface area contributed by atoms with E-state index in [1.165, 1.54) is 0 Å². The molecule has 0 spiro atoms. The molecule has 0 aliphatic rings. The molecule has 25 heavy (non-hydrogen) atoms. The van der Waals surface area contributed by atoms with Crippen LogP contribution in [0.1, 0.15) is 41.8 Å². The molecule has 0 radical (unpaired) electrons. The van der Waals surface area contributed by atoms with Gasteiger partial charge in [-0.15, -0.1) is 11.3 Å². The van der Waals surface area contributed by atoms with Gasteiger partial charge in [0.15, 0.2) is 4.67 Å². The van der Waals surface area contributed by atoms with Crippen molar-refractivity contribution in [2.45, 2.75) is 39.8 Å². The van der Waals surface area contributed by atoms with E-state index in [1.54, 1.807) is 23.5 Å². The maximum Gasteiger partial charge on any atom is 0.251 e. The second kappa shape index (κ2) is 7.58. The average molecular weight is 423 g/mol. The van der Waals surface area contributed by atoms with Gasteiger partial charge in [-0.1, -0.05) is 6.92 Å². The van der Waals surface area contributed by atoms with Crippen LogP contribution in [-0.2, 0) is 13.0 Å². The van der Waals surface area contributed by atoms with Gasteiger partial charge in [0, 0.05) is 17.0 Å². The van der Waals surface area contributed by atoms with Gasteiger partial charge in [-0.05, 0) is 48.3 Å². The van der Waals surface area contributed by atoms with Gasteiger partial charge in [0.25, 0.3) is 5.91 Å². The fraction of sp³-hybridized carbons (Fsp3) is 0.333. The molecule has 7 heteroatoms. The molecule has 0 aliphatic carbocycles. The summed E-state index contributed by atoms with van der Waals surface area (Å²) < 4.78 is 12.0. The summed E-state index contributed by atoms with van der Waals surface area (Å²) in [6.45, 7) is 6.35. The molecule has 0 saturated carbocycles. The number of nitrogens with zero attached hydrogens (tertiary/aromatic N) is 1. The van der Waals surface area contributed by atoms with Crippen molar-refractivity contribution in [3.05, 3.63) is 44.5 Å². The Morgan fingerprint density at radius 2 is 2.20 bits per heavy atom. The van der Waals surface area contributed by atoms with E-state index in [9.17, 15) is 4.79 Å². The summed E-state index contributed by atoms with van der Waals surface area (Å²) in [6, 6.07) is 5.32. The second-order valence-electron chi connectivity index (χ2n) is 5.87. The number of furan rings is 1. The van der Waals surface area contributed by atoms with Crippen molar-refractivity contribution in [1.82, 2.24) is 10.3 Å². The topological polar surface area (TPSA) is 64.4 Å². The third-order valence-electron chi connectivity index (χ3n) is 3.53. The molecular formula is C18H19BrN2O3S. The lowest BCUT2D eigenvalue weighted by Crippen LogP contribution is -2.23. The number of aromatic nitrogens is 1. The minimum Gasteiger partial charge on any atom is -0.490 e. The Morgan fingerprint density at radius 3 is 2.88 bits per heavy atom.